The van der Waals surface area contributed by atoms with E-state index in [1.165, 1.54) is 18.2 Å². The minimum absolute atomic E-state index is 0.0803. The molecule has 2 aromatic carbocycles. The number of anilines is 1. The topological polar surface area (TPSA) is 82.3 Å². The predicted molar refractivity (Wildman–Crippen MR) is 83.0 cm³/mol. The fourth-order valence-electron chi connectivity index (χ4n) is 1.71. The zero-order valence-electron chi connectivity index (χ0n) is 11.7. The second kappa shape index (κ2) is 6.83. The first kappa shape index (κ1) is 15.7. The van der Waals surface area contributed by atoms with Crippen LogP contribution in [0.1, 0.15) is 12.5 Å². The fraction of sp³-hybridized carbons (Fsp3) is 0.125. The van der Waals surface area contributed by atoms with Crippen LogP contribution in [0.15, 0.2) is 42.5 Å². The standard InChI is InChI=1S/C16H13ClN2O3/c1-10(22-13-5-2-11(9-18)3-6-13)16(21)19-14-8-12(17)4-7-15(14)20/h2-8,10,20H,1H3,(H,19,21). The molecule has 2 rings (SSSR count). The van der Waals surface area contributed by atoms with Gasteiger partial charge in [0.05, 0.1) is 17.3 Å². The van der Waals surface area contributed by atoms with E-state index < -0.39 is 12.0 Å². The van der Waals surface area contributed by atoms with E-state index in [1.807, 2.05) is 6.07 Å². The van der Waals surface area contributed by atoms with E-state index in [0.29, 0.717) is 16.3 Å². The molecule has 0 spiro atoms. The highest BCUT2D eigenvalue weighted by Gasteiger charge is 2.16. The summed E-state index contributed by atoms with van der Waals surface area (Å²) in [6, 6.07) is 12.8. The first-order chi connectivity index (χ1) is 10.5. The van der Waals surface area contributed by atoms with Crippen molar-refractivity contribution in [1.29, 1.82) is 5.26 Å². The van der Waals surface area contributed by atoms with E-state index in [2.05, 4.69) is 5.32 Å². The molecule has 0 fully saturated rings. The molecule has 0 aliphatic heterocycles. The molecular weight excluding hydrogens is 304 g/mol. The minimum atomic E-state index is -0.786. The number of phenols is 1. The van der Waals surface area contributed by atoms with E-state index in [0.717, 1.165) is 0 Å². The molecule has 0 saturated carbocycles. The molecule has 1 unspecified atom stereocenters. The molecule has 6 heteroatoms. The molecule has 0 aromatic heterocycles. The summed E-state index contributed by atoms with van der Waals surface area (Å²) in [7, 11) is 0. The maximum atomic E-state index is 12.1. The Morgan fingerprint density at radius 3 is 2.64 bits per heavy atom. The highest BCUT2D eigenvalue weighted by Crippen LogP contribution is 2.26. The second-order valence-corrected chi connectivity index (χ2v) is 4.98. The number of nitriles is 1. The lowest BCUT2D eigenvalue weighted by Gasteiger charge is -2.15. The quantitative estimate of drug-likeness (QED) is 0.848. The van der Waals surface area contributed by atoms with Crippen molar-refractivity contribution in [2.24, 2.45) is 0 Å². The molecule has 22 heavy (non-hydrogen) atoms. The molecule has 0 aliphatic carbocycles. The van der Waals surface area contributed by atoms with Gasteiger partial charge in [0.15, 0.2) is 6.10 Å². The van der Waals surface area contributed by atoms with Crippen LogP contribution in [-0.2, 0) is 4.79 Å². The van der Waals surface area contributed by atoms with Crippen molar-refractivity contribution in [3.8, 4) is 17.6 Å². The van der Waals surface area contributed by atoms with Crippen LogP contribution in [0, 0.1) is 11.3 Å². The summed E-state index contributed by atoms with van der Waals surface area (Å²) in [5, 5.41) is 21.3. The fourth-order valence-corrected chi connectivity index (χ4v) is 1.88. The lowest BCUT2D eigenvalue weighted by molar-refractivity contribution is -0.122. The van der Waals surface area contributed by atoms with Gasteiger partial charge in [0.1, 0.15) is 11.5 Å². The Labute approximate surface area is 132 Å². The molecule has 5 nitrogen and oxygen atoms in total. The number of rotatable bonds is 4. The van der Waals surface area contributed by atoms with Crippen LogP contribution in [-0.4, -0.2) is 17.1 Å². The number of aromatic hydroxyl groups is 1. The molecule has 2 aromatic rings. The van der Waals surface area contributed by atoms with Crippen LogP contribution in [0.25, 0.3) is 0 Å². The van der Waals surface area contributed by atoms with Gasteiger partial charge in [-0.05, 0) is 49.4 Å². The summed E-state index contributed by atoms with van der Waals surface area (Å²) in [5.41, 5.74) is 0.723. The van der Waals surface area contributed by atoms with Crippen LogP contribution in [0.2, 0.25) is 5.02 Å². The Hall–Kier alpha value is -2.71. The highest BCUT2D eigenvalue weighted by molar-refractivity contribution is 6.31. The van der Waals surface area contributed by atoms with Gasteiger partial charge < -0.3 is 15.2 Å². The van der Waals surface area contributed by atoms with Gasteiger partial charge in [0.2, 0.25) is 0 Å². The lowest BCUT2D eigenvalue weighted by atomic mass is 10.2. The Balaban J connectivity index is 2.02. The average molecular weight is 317 g/mol. The summed E-state index contributed by atoms with van der Waals surface area (Å²) in [6.45, 7) is 1.58. The average Bonchev–Trinajstić information content (AvgIpc) is 2.51. The van der Waals surface area contributed by atoms with E-state index in [-0.39, 0.29) is 11.4 Å². The third-order valence-electron chi connectivity index (χ3n) is 2.88. The molecule has 0 bridgehead atoms. The van der Waals surface area contributed by atoms with Crippen molar-refractivity contribution in [3.63, 3.8) is 0 Å². The monoisotopic (exact) mass is 316 g/mol. The summed E-state index contributed by atoms with van der Waals surface area (Å²) < 4.78 is 5.48. The number of carbonyl (C=O) groups excluding carboxylic acids is 1. The molecule has 0 saturated heterocycles. The van der Waals surface area contributed by atoms with Crippen LogP contribution >= 0.6 is 11.6 Å². The zero-order valence-corrected chi connectivity index (χ0v) is 12.5. The Kier molecular flexibility index (Phi) is 4.87. The number of carbonyl (C=O) groups is 1. The number of nitrogens with zero attached hydrogens (tertiary/aromatic N) is 1. The number of benzene rings is 2. The van der Waals surface area contributed by atoms with Crippen LogP contribution in [0.4, 0.5) is 5.69 Å². The minimum Gasteiger partial charge on any atom is -0.506 e. The van der Waals surface area contributed by atoms with Crippen molar-refractivity contribution in [3.05, 3.63) is 53.1 Å². The normalized spacial score (nSPS) is 11.3. The van der Waals surface area contributed by atoms with Crippen molar-refractivity contribution in [2.45, 2.75) is 13.0 Å². The summed E-state index contributed by atoms with van der Waals surface area (Å²) in [5.74, 6) is -0.0396. The number of nitrogens with one attached hydrogen (secondary N) is 1. The maximum absolute atomic E-state index is 12.1. The SMILES string of the molecule is CC(Oc1ccc(C#N)cc1)C(=O)Nc1cc(Cl)ccc1O. The first-order valence-electron chi connectivity index (χ1n) is 6.46. The Bertz CT molecular complexity index is 723. The Morgan fingerprint density at radius 2 is 2.00 bits per heavy atom. The third-order valence-corrected chi connectivity index (χ3v) is 3.12. The maximum Gasteiger partial charge on any atom is 0.265 e. The van der Waals surface area contributed by atoms with Crippen LogP contribution in [0.5, 0.6) is 11.5 Å². The number of ether oxygens (including phenoxy) is 1. The molecule has 2 N–H and O–H groups in total. The third kappa shape index (κ3) is 3.90. The van der Waals surface area contributed by atoms with Crippen molar-refractivity contribution >= 4 is 23.2 Å². The highest BCUT2D eigenvalue weighted by atomic mass is 35.5. The molecule has 1 atom stereocenters. The second-order valence-electron chi connectivity index (χ2n) is 4.55. The van der Waals surface area contributed by atoms with Gasteiger partial charge in [-0.3, -0.25) is 4.79 Å². The number of hydrogen-bond acceptors (Lipinski definition) is 4. The Morgan fingerprint density at radius 1 is 1.32 bits per heavy atom. The predicted octanol–water partition coefficient (Wildman–Crippen LogP) is 3.32. The van der Waals surface area contributed by atoms with Gasteiger partial charge in [-0.1, -0.05) is 11.6 Å². The van der Waals surface area contributed by atoms with Crippen molar-refractivity contribution < 1.29 is 14.6 Å². The van der Waals surface area contributed by atoms with Gasteiger partial charge in [-0.25, -0.2) is 0 Å². The van der Waals surface area contributed by atoms with Crippen molar-refractivity contribution in [2.75, 3.05) is 5.32 Å². The number of hydrogen-bond donors (Lipinski definition) is 2. The lowest BCUT2D eigenvalue weighted by Crippen LogP contribution is -2.30. The van der Waals surface area contributed by atoms with E-state index in [1.54, 1.807) is 31.2 Å². The van der Waals surface area contributed by atoms with Crippen LogP contribution in [0.3, 0.4) is 0 Å². The van der Waals surface area contributed by atoms with Crippen molar-refractivity contribution in [1.82, 2.24) is 0 Å². The van der Waals surface area contributed by atoms with E-state index >= 15 is 0 Å². The van der Waals surface area contributed by atoms with Gasteiger partial charge in [0.25, 0.3) is 5.91 Å². The smallest absolute Gasteiger partial charge is 0.265 e. The molecule has 0 heterocycles. The zero-order chi connectivity index (χ0) is 16.1. The number of halogens is 1. The van der Waals surface area contributed by atoms with Gasteiger partial charge >= 0.3 is 0 Å². The molecule has 0 radical (unpaired) electrons. The van der Waals surface area contributed by atoms with E-state index in [4.69, 9.17) is 21.6 Å². The number of amides is 1. The summed E-state index contributed by atoms with van der Waals surface area (Å²) in [6.07, 6.45) is -0.786. The first-order valence-corrected chi connectivity index (χ1v) is 6.83. The molecule has 1 amide bonds. The summed E-state index contributed by atoms with van der Waals surface area (Å²) >= 11 is 5.82. The van der Waals surface area contributed by atoms with Gasteiger partial charge in [0, 0.05) is 5.02 Å². The van der Waals surface area contributed by atoms with Gasteiger partial charge in [-0.2, -0.15) is 5.26 Å². The van der Waals surface area contributed by atoms with Gasteiger partial charge in [-0.15, -0.1) is 0 Å². The van der Waals surface area contributed by atoms with E-state index in [9.17, 15) is 9.90 Å². The molecule has 112 valence electrons. The summed E-state index contributed by atoms with van der Waals surface area (Å²) in [4.78, 5) is 12.1. The number of phenolic OH excluding ortho intramolecular Hbond substituents is 1. The van der Waals surface area contributed by atoms with Crippen LogP contribution < -0.4 is 10.1 Å². The molecule has 0 aliphatic rings. The largest absolute Gasteiger partial charge is 0.506 e. The molecular formula is C16H13ClN2O3.